The Balaban J connectivity index is 1.81. The highest BCUT2D eigenvalue weighted by Crippen LogP contribution is 2.37. The number of carbonyl (C=O) groups excluding carboxylic acids is 2. The lowest BCUT2D eigenvalue weighted by atomic mass is 9.97. The maximum absolute atomic E-state index is 12.9. The Hall–Kier alpha value is -1.90. The molecule has 1 aromatic heterocycles. The standard InChI is InChI=1S/C20H20ClF3N2O2S/c1-26(11-20(22,23)24)7-6-15-17(10-26)29-16(18(15)19(25)28)9-14(27)8-12-2-4-13(21)5-3-12/h2-5H,6-11H2,1H3,(H-,25,28)/p+1. The number of amides is 1. The second kappa shape index (κ2) is 8.08. The minimum absolute atomic E-state index is 0.0293. The number of rotatable bonds is 6. The predicted octanol–water partition coefficient (Wildman–Crippen LogP) is 3.92. The molecule has 2 aromatic rings. The van der Waals surface area contributed by atoms with Crippen LogP contribution in [0.2, 0.25) is 5.02 Å². The molecular weight excluding hydrogens is 425 g/mol. The number of likely N-dealkylation sites (N-methyl/N-ethyl adjacent to an activating group) is 1. The van der Waals surface area contributed by atoms with Crippen LogP contribution < -0.4 is 5.73 Å². The molecule has 1 aromatic carbocycles. The van der Waals surface area contributed by atoms with Gasteiger partial charge in [0, 0.05) is 29.2 Å². The van der Waals surface area contributed by atoms with Crippen molar-refractivity contribution in [3.63, 3.8) is 0 Å². The Kier molecular flexibility index (Phi) is 6.08. The van der Waals surface area contributed by atoms with Crippen molar-refractivity contribution in [2.75, 3.05) is 20.1 Å². The number of Topliss-reactive ketones (excluding diaryl/α,β-unsaturated/α-hetero) is 1. The lowest BCUT2D eigenvalue weighted by molar-refractivity contribution is -0.933. The van der Waals surface area contributed by atoms with Gasteiger partial charge in [-0.2, -0.15) is 13.2 Å². The van der Waals surface area contributed by atoms with E-state index in [1.54, 1.807) is 31.3 Å². The van der Waals surface area contributed by atoms with Crippen molar-refractivity contribution in [3.8, 4) is 0 Å². The number of thiophene rings is 1. The molecule has 1 atom stereocenters. The molecule has 1 aliphatic heterocycles. The first-order chi connectivity index (χ1) is 13.5. The van der Waals surface area contributed by atoms with E-state index in [2.05, 4.69) is 0 Å². The monoisotopic (exact) mass is 445 g/mol. The minimum Gasteiger partial charge on any atom is -0.366 e. The molecule has 0 spiro atoms. The first kappa shape index (κ1) is 21.8. The second-order valence-corrected chi connectivity index (χ2v) is 9.34. The van der Waals surface area contributed by atoms with Crippen LogP contribution in [0.3, 0.4) is 0 Å². The van der Waals surface area contributed by atoms with Gasteiger partial charge in [-0.1, -0.05) is 23.7 Å². The average Bonchev–Trinajstić information content (AvgIpc) is 2.91. The number of hydrogen-bond donors (Lipinski definition) is 1. The van der Waals surface area contributed by atoms with E-state index in [4.69, 9.17) is 17.3 Å². The fraction of sp³-hybridized carbons (Fsp3) is 0.400. The molecule has 1 aliphatic rings. The van der Waals surface area contributed by atoms with Gasteiger partial charge in [0.05, 0.1) is 24.0 Å². The van der Waals surface area contributed by atoms with Crippen molar-refractivity contribution in [2.24, 2.45) is 5.73 Å². The van der Waals surface area contributed by atoms with E-state index in [9.17, 15) is 22.8 Å². The van der Waals surface area contributed by atoms with Gasteiger partial charge in [0.1, 0.15) is 12.3 Å². The molecular formula is C20H21ClF3N2O2S+. The number of ketones is 1. The van der Waals surface area contributed by atoms with E-state index in [-0.39, 0.29) is 36.2 Å². The summed E-state index contributed by atoms with van der Waals surface area (Å²) in [4.78, 5) is 25.8. The molecule has 0 saturated carbocycles. The second-order valence-electron chi connectivity index (χ2n) is 7.71. The third-order valence-corrected chi connectivity index (χ3v) is 6.54. The van der Waals surface area contributed by atoms with Crippen LogP contribution in [-0.2, 0) is 30.6 Å². The van der Waals surface area contributed by atoms with E-state index in [1.807, 2.05) is 0 Å². The molecule has 2 heterocycles. The molecule has 0 aliphatic carbocycles. The first-order valence-corrected chi connectivity index (χ1v) is 10.2. The third-order valence-electron chi connectivity index (χ3n) is 5.07. The SMILES string of the molecule is C[N+]1(CC(F)(F)F)CCc2c(sc(CC(=O)Cc3ccc(Cl)cc3)c2C(N)=O)C1. The van der Waals surface area contributed by atoms with E-state index < -0.39 is 18.6 Å². The normalized spacial score (nSPS) is 19.1. The average molecular weight is 446 g/mol. The molecule has 9 heteroatoms. The number of halogens is 4. The van der Waals surface area contributed by atoms with Crippen molar-refractivity contribution in [1.29, 1.82) is 0 Å². The zero-order valence-electron chi connectivity index (χ0n) is 15.8. The molecule has 1 unspecified atom stereocenters. The Bertz CT molecular complexity index is 940. The Morgan fingerprint density at radius 1 is 1.21 bits per heavy atom. The first-order valence-electron chi connectivity index (χ1n) is 9.05. The fourth-order valence-electron chi connectivity index (χ4n) is 3.82. The molecule has 0 radical (unpaired) electrons. The summed E-state index contributed by atoms with van der Waals surface area (Å²) < 4.78 is 38.6. The zero-order valence-corrected chi connectivity index (χ0v) is 17.4. The number of nitrogens with zero attached hydrogens (tertiary/aromatic N) is 1. The largest absolute Gasteiger partial charge is 0.438 e. The summed E-state index contributed by atoms with van der Waals surface area (Å²) in [7, 11) is 1.56. The van der Waals surface area contributed by atoms with Gasteiger partial charge in [0.2, 0.25) is 5.91 Å². The van der Waals surface area contributed by atoms with Crippen LogP contribution in [0.25, 0.3) is 0 Å². The number of benzene rings is 1. The molecule has 3 rings (SSSR count). The Morgan fingerprint density at radius 3 is 2.45 bits per heavy atom. The zero-order chi connectivity index (χ0) is 21.4. The van der Waals surface area contributed by atoms with Crippen molar-refractivity contribution >= 4 is 34.6 Å². The Labute approximate surface area is 175 Å². The van der Waals surface area contributed by atoms with Gasteiger partial charge in [0.25, 0.3) is 0 Å². The maximum atomic E-state index is 12.9. The van der Waals surface area contributed by atoms with Crippen LogP contribution in [-0.4, -0.2) is 42.5 Å². The van der Waals surface area contributed by atoms with Crippen LogP contribution in [0.4, 0.5) is 13.2 Å². The van der Waals surface area contributed by atoms with Crippen LogP contribution in [0.1, 0.15) is 31.2 Å². The highest BCUT2D eigenvalue weighted by atomic mass is 35.5. The number of quaternary nitrogens is 1. The number of alkyl halides is 3. The summed E-state index contributed by atoms with van der Waals surface area (Å²) in [6.07, 6.45) is -3.73. The van der Waals surface area contributed by atoms with Gasteiger partial charge < -0.3 is 10.2 Å². The van der Waals surface area contributed by atoms with E-state index >= 15 is 0 Å². The highest BCUT2D eigenvalue weighted by Gasteiger charge is 2.43. The van der Waals surface area contributed by atoms with Crippen LogP contribution >= 0.6 is 22.9 Å². The third kappa shape index (κ3) is 5.38. The van der Waals surface area contributed by atoms with Gasteiger partial charge >= 0.3 is 6.18 Å². The summed E-state index contributed by atoms with van der Waals surface area (Å²) in [5.74, 6) is -0.732. The van der Waals surface area contributed by atoms with Gasteiger partial charge in [-0.3, -0.25) is 9.59 Å². The predicted molar refractivity (Wildman–Crippen MR) is 106 cm³/mol. The van der Waals surface area contributed by atoms with Crippen molar-refractivity contribution in [2.45, 2.75) is 32.0 Å². The van der Waals surface area contributed by atoms with Crippen molar-refractivity contribution in [1.82, 2.24) is 0 Å². The van der Waals surface area contributed by atoms with Crippen molar-refractivity contribution < 1.29 is 27.2 Å². The van der Waals surface area contributed by atoms with Gasteiger partial charge in [0.15, 0.2) is 6.54 Å². The summed E-state index contributed by atoms with van der Waals surface area (Å²) in [5.41, 5.74) is 7.37. The number of carbonyl (C=O) groups is 2. The van der Waals surface area contributed by atoms with Crippen LogP contribution in [0.15, 0.2) is 24.3 Å². The number of primary amides is 1. The lowest BCUT2D eigenvalue weighted by Gasteiger charge is -2.38. The van der Waals surface area contributed by atoms with Crippen LogP contribution in [0.5, 0.6) is 0 Å². The van der Waals surface area contributed by atoms with Crippen molar-refractivity contribution in [3.05, 3.63) is 55.7 Å². The fourth-order valence-corrected chi connectivity index (χ4v) is 5.50. The molecule has 1 amide bonds. The number of hydrogen-bond acceptors (Lipinski definition) is 3. The summed E-state index contributed by atoms with van der Waals surface area (Å²) in [6, 6.07) is 6.91. The van der Waals surface area contributed by atoms with E-state index in [1.165, 1.54) is 11.3 Å². The summed E-state index contributed by atoms with van der Waals surface area (Å²) in [6.45, 7) is -0.492. The number of nitrogens with two attached hydrogens (primary N) is 1. The van der Waals surface area contributed by atoms with E-state index in [0.717, 1.165) is 5.56 Å². The Morgan fingerprint density at radius 2 is 1.86 bits per heavy atom. The molecule has 2 N–H and O–H groups in total. The van der Waals surface area contributed by atoms with E-state index in [0.29, 0.717) is 32.3 Å². The maximum Gasteiger partial charge on any atom is 0.438 e. The topological polar surface area (TPSA) is 60.2 Å². The molecule has 4 nitrogen and oxygen atoms in total. The van der Waals surface area contributed by atoms with Gasteiger partial charge in [-0.15, -0.1) is 11.3 Å². The van der Waals surface area contributed by atoms with Gasteiger partial charge in [-0.25, -0.2) is 0 Å². The molecule has 29 heavy (non-hydrogen) atoms. The summed E-state index contributed by atoms with van der Waals surface area (Å²) >= 11 is 7.08. The number of fused-ring (bicyclic) bond motifs is 1. The quantitative estimate of drug-likeness (QED) is 0.685. The minimum atomic E-state index is -4.27. The molecule has 0 bridgehead atoms. The van der Waals surface area contributed by atoms with Crippen LogP contribution in [0, 0.1) is 0 Å². The highest BCUT2D eigenvalue weighted by molar-refractivity contribution is 7.12. The smallest absolute Gasteiger partial charge is 0.366 e. The van der Waals surface area contributed by atoms with Gasteiger partial charge in [-0.05, 0) is 23.3 Å². The molecule has 156 valence electrons. The lowest BCUT2D eigenvalue weighted by Crippen LogP contribution is -2.52. The summed E-state index contributed by atoms with van der Waals surface area (Å²) in [5, 5.41) is 0.572. The molecule has 0 fully saturated rings. The molecule has 0 saturated heterocycles.